The summed E-state index contributed by atoms with van der Waals surface area (Å²) >= 11 is 0. The molecule has 2 aromatic carbocycles. The minimum Gasteiger partial charge on any atom is -0.396 e. The summed E-state index contributed by atoms with van der Waals surface area (Å²) in [6, 6.07) is 6.47. The van der Waals surface area contributed by atoms with E-state index in [1.165, 1.54) is 30.3 Å². The van der Waals surface area contributed by atoms with Gasteiger partial charge in [0.1, 0.15) is 0 Å². The number of rotatable bonds is 4. The molecule has 0 aliphatic rings. The van der Waals surface area contributed by atoms with E-state index in [-0.39, 0.29) is 22.2 Å². The fourth-order valence-corrected chi connectivity index (χ4v) is 2.47. The molecule has 21 heavy (non-hydrogen) atoms. The van der Waals surface area contributed by atoms with E-state index in [0.29, 0.717) is 0 Å². The van der Waals surface area contributed by atoms with Crippen LogP contribution < -0.4 is 14.1 Å². The van der Waals surface area contributed by atoms with E-state index in [4.69, 9.17) is 14.8 Å². The molecule has 0 unspecified atom stereocenters. The Morgan fingerprint density at radius 2 is 1.48 bits per heavy atom. The van der Waals surface area contributed by atoms with Crippen LogP contribution in [-0.2, 0) is 20.8 Å². The monoisotopic (exact) mass is 335 g/mol. The second-order valence-corrected chi connectivity index (χ2v) is 5.90. The molecule has 0 saturated heterocycles. The molecule has 0 fully saturated rings. The molecule has 11 heteroatoms. The summed E-state index contributed by atoms with van der Waals surface area (Å²) in [5.41, 5.74) is 5.45. The average molecular weight is 335 g/mol. The smallest absolute Gasteiger partial charge is 0.396 e. The van der Waals surface area contributed by atoms with Crippen molar-refractivity contribution in [2.45, 2.75) is 0 Å². The first-order valence-corrected chi connectivity index (χ1v) is 7.95. The summed E-state index contributed by atoms with van der Waals surface area (Å²) in [5, 5.41) is 0.164. The summed E-state index contributed by atoms with van der Waals surface area (Å²) in [6.45, 7) is 0. The van der Waals surface area contributed by atoms with E-state index >= 15 is 0 Å². The standard InChI is InChI=1S/C10H9NO8S2/c11-8-5-4-6-7(10(8)19-21(15,16)17)2-1-3-9(6)18-20(12,13)14/h1-5H,11H2,(H,12,13,14)(H,15,16,17). The van der Waals surface area contributed by atoms with Crippen molar-refractivity contribution in [2.75, 3.05) is 5.73 Å². The van der Waals surface area contributed by atoms with Crippen LogP contribution >= 0.6 is 0 Å². The van der Waals surface area contributed by atoms with Crippen molar-refractivity contribution in [3.63, 3.8) is 0 Å². The van der Waals surface area contributed by atoms with Gasteiger partial charge in [0, 0.05) is 10.8 Å². The summed E-state index contributed by atoms with van der Waals surface area (Å²) in [4.78, 5) is 0. The fourth-order valence-electron chi connectivity index (χ4n) is 1.70. The zero-order valence-electron chi connectivity index (χ0n) is 10.1. The molecule has 0 aromatic heterocycles. The second kappa shape index (κ2) is 5.04. The second-order valence-electron chi connectivity index (χ2n) is 3.86. The Labute approximate surface area is 119 Å². The van der Waals surface area contributed by atoms with Crippen LogP contribution in [0.3, 0.4) is 0 Å². The van der Waals surface area contributed by atoms with Crippen LogP contribution in [0.1, 0.15) is 0 Å². The lowest BCUT2D eigenvalue weighted by Gasteiger charge is -2.11. The van der Waals surface area contributed by atoms with E-state index in [0.717, 1.165) is 0 Å². The molecule has 114 valence electrons. The van der Waals surface area contributed by atoms with Gasteiger partial charge in [0.25, 0.3) is 0 Å². The Kier molecular flexibility index (Phi) is 3.67. The maximum atomic E-state index is 10.8. The first-order chi connectivity index (χ1) is 9.57. The van der Waals surface area contributed by atoms with Gasteiger partial charge in [0.2, 0.25) is 0 Å². The number of nitrogen functional groups attached to an aromatic ring is 1. The Balaban J connectivity index is 2.72. The fraction of sp³-hybridized carbons (Fsp3) is 0. The number of nitrogens with two attached hydrogens (primary N) is 1. The third-order valence-electron chi connectivity index (χ3n) is 2.39. The van der Waals surface area contributed by atoms with Gasteiger partial charge in [0.15, 0.2) is 11.5 Å². The van der Waals surface area contributed by atoms with Crippen LogP contribution in [0, 0.1) is 0 Å². The molecule has 0 aliphatic heterocycles. The molecule has 9 nitrogen and oxygen atoms in total. The maximum Gasteiger partial charge on any atom is 0.446 e. The van der Waals surface area contributed by atoms with E-state index in [2.05, 4.69) is 8.37 Å². The first-order valence-electron chi connectivity index (χ1n) is 5.22. The summed E-state index contributed by atoms with van der Waals surface area (Å²) in [5.74, 6) is -0.661. The van der Waals surface area contributed by atoms with E-state index < -0.39 is 26.5 Å². The largest absolute Gasteiger partial charge is 0.446 e. The van der Waals surface area contributed by atoms with Crippen molar-refractivity contribution < 1.29 is 34.3 Å². The van der Waals surface area contributed by atoms with Crippen molar-refractivity contribution in [1.82, 2.24) is 0 Å². The van der Waals surface area contributed by atoms with Gasteiger partial charge in [-0.25, -0.2) is 0 Å². The van der Waals surface area contributed by atoms with Gasteiger partial charge in [-0.2, -0.15) is 16.8 Å². The molecule has 4 N–H and O–H groups in total. The highest BCUT2D eigenvalue weighted by molar-refractivity contribution is 7.81. The summed E-state index contributed by atoms with van der Waals surface area (Å²) in [7, 11) is -9.59. The molecule has 0 aliphatic carbocycles. The van der Waals surface area contributed by atoms with Crippen molar-refractivity contribution >= 4 is 37.3 Å². The molecule has 2 rings (SSSR count). The van der Waals surface area contributed by atoms with E-state index in [1.807, 2.05) is 0 Å². The molecule has 0 spiro atoms. The molecule has 0 saturated carbocycles. The van der Waals surface area contributed by atoms with Crippen LogP contribution in [0.25, 0.3) is 10.8 Å². The van der Waals surface area contributed by atoms with Crippen LogP contribution in [0.5, 0.6) is 11.5 Å². The average Bonchev–Trinajstić information content (AvgIpc) is 2.30. The lowest BCUT2D eigenvalue weighted by molar-refractivity contribution is 0.385. The maximum absolute atomic E-state index is 10.8. The predicted molar refractivity (Wildman–Crippen MR) is 72.7 cm³/mol. The topological polar surface area (TPSA) is 153 Å². The highest BCUT2D eigenvalue weighted by atomic mass is 32.3. The molecule has 0 bridgehead atoms. The number of hydrogen-bond acceptors (Lipinski definition) is 7. The number of anilines is 1. The van der Waals surface area contributed by atoms with Crippen LogP contribution in [0.15, 0.2) is 30.3 Å². The van der Waals surface area contributed by atoms with Crippen LogP contribution in [0.2, 0.25) is 0 Å². The minimum absolute atomic E-state index is 0.0637. The molecular formula is C10H9NO8S2. The zero-order valence-corrected chi connectivity index (χ0v) is 11.8. The predicted octanol–water partition coefficient (Wildman–Crippen LogP) is 0.785. The van der Waals surface area contributed by atoms with Gasteiger partial charge in [-0.1, -0.05) is 12.1 Å². The minimum atomic E-state index is -4.83. The van der Waals surface area contributed by atoms with Gasteiger partial charge in [-0.15, -0.1) is 0 Å². The van der Waals surface area contributed by atoms with E-state index in [9.17, 15) is 16.8 Å². The van der Waals surface area contributed by atoms with Crippen molar-refractivity contribution in [3.8, 4) is 11.5 Å². The van der Waals surface area contributed by atoms with Crippen molar-refractivity contribution in [2.24, 2.45) is 0 Å². The van der Waals surface area contributed by atoms with Crippen LogP contribution in [0.4, 0.5) is 5.69 Å². The molecular weight excluding hydrogens is 326 g/mol. The highest BCUT2D eigenvalue weighted by Gasteiger charge is 2.17. The Hall–Kier alpha value is -2.08. The van der Waals surface area contributed by atoms with Gasteiger partial charge in [0.05, 0.1) is 5.69 Å². The lowest BCUT2D eigenvalue weighted by atomic mass is 10.1. The molecule has 0 heterocycles. The summed E-state index contributed by atoms with van der Waals surface area (Å²) < 4.78 is 69.3. The summed E-state index contributed by atoms with van der Waals surface area (Å²) in [6.07, 6.45) is 0. The third kappa shape index (κ3) is 3.72. The Morgan fingerprint density at radius 1 is 0.857 bits per heavy atom. The lowest BCUT2D eigenvalue weighted by Crippen LogP contribution is -2.09. The quantitative estimate of drug-likeness (QED) is 0.543. The third-order valence-corrected chi connectivity index (χ3v) is 3.15. The molecule has 0 radical (unpaired) electrons. The Bertz CT molecular complexity index is 904. The molecule has 0 amide bonds. The zero-order chi connectivity index (χ0) is 15.8. The molecule has 0 atom stereocenters. The number of benzene rings is 2. The normalized spacial score (nSPS) is 12.3. The first kappa shape index (κ1) is 15.3. The number of hydrogen-bond donors (Lipinski definition) is 3. The SMILES string of the molecule is Nc1ccc2c(OS(=O)(=O)O)cccc2c1OS(=O)(=O)O. The van der Waals surface area contributed by atoms with Gasteiger partial charge in [-0.3, -0.25) is 9.11 Å². The van der Waals surface area contributed by atoms with E-state index in [1.54, 1.807) is 0 Å². The van der Waals surface area contributed by atoms with Crippen molar-refractivity contribution in [3.05, 3.63) is 30.3 Å². The number of fused-ring (bicyclic) bond motifs is 1. The van der Waals surface area contributed by atoms with Gasteiger partial charge in [-0.05, 0) is 18.2 Å². The highest BCUT2D eigenvalue weighted by Crippen LogP contribution is 2.37. The van der Waals surface area contributed by atoms with Gasteiger partial charge < -0.3 is 14.1 Å². The molecule has 2 aromatic rings. The Morgan fingerprint density at radius 3 is 2.05 bits per heavy atom. The van der Waals surface area contributed by atoms with Crippen LogP contribution in [-0.4, -0.2) is 25.9 Å². The van der Waals surface area contributed by atoms with Gasteiger partial charge >= 0.3 is 20.8 Å². The van der Waals surface area contributed by atoms with Crippen molar-refractivity contribution in [1.29, 1.82) is 0 Å².